The second kappa shape index (κ2) is 8.97. The molecule has 28 heavy (non-hydrogen) atoms. The maximum atomic E-state index is 12.2. The number of nitrogens with one attached hydrogen (secondary N) is 1. The average Bonchev–Trinajstić information content (AvgIpc) is 2.68. The van der Waals surface area contributed by atoms with E-state index in [9.17, 15) is 9.59 Å². The summed E-state index contributed by atoms with van der Waals surface area (Å²) >= 11 is 3.41. The number of amides is 1. The molecule has 3 aromatic rings. The van der Waals surface area contributed by atoms with Gasteiger partial charge < -0.3 is 5.32 Å². The van der Waals surface area contributed by atoms with E-state index >= 15 is 0 Å². The van der Waals surface area contributed by atoms with E-state index in [1.807, 2.05) is 43.3 Å². The molecule has 2 aromatic carbocycles. The van der Waals surface area contributed by atoms with Gasteiger partial charge in [-0.25, -0.2) is 4.68 Å². The lowest BCUT2D eigenvalue weighted by Gasteiger charge is -2.09. The van der Waals surface area contributed by atoms with E-state index < -0.39 is 0 Å². The van der Waals surface area contributed by atoms with Crippen LogP contribution in [0.2, 0.25) is 0 Å². The quantitative estimate of drug-likeness (QED) is 0.631. The number of benzene rings is 2. The van der Waals surface area contributed by atoms with Gasteiger partial charge in [-0.2, -0.15) is 5.10 Å². The zero-order chi connectivity index (χ0) is 20.1. The number of carbonyl (C=O) groups excluding carboxylic acids is 1. The van der Waals surface area contributed by atoms with Crippen LogP contribution in [-0.4, -0.2) is 15.7 Å². The summed E-state index contributed by atoms with van der Waals surface area (Å²) in [6, 6.07) is 17.1. The number of rotatable bonds is 6. The van der Waals surface area contributed by atoms with Crippen LogP contribution in [0.1, 0.15) is 23.1 Å². The molecule has 1 N–H and O–H groups in total. The normalized spacial score (nSPS) is 10.7. The third-order valence-electron chi connectivity index (χ3n) is 4.60. The smallest absolute Gasteiger partial charge is 0.266 e. The zero-order valence-electron chi connectivity index (χ0n) is 15.9. The minimum absolute atomic E-state index is 0.120. The Bertz CT molecular complexity index is 1060. The summed E-state index contributed by atoms with van der Waals surface area (Å²) in [5.74, 6) is -0.120. The van der Waals surface area contributed by atoms with Crippen LogP contribution in [0.25, 0.3) is 11.3 Å². The monoisotopic (exact) mass is 439 g/mol. The number of carbonyl (C=O) groups is 1. The molecule has 6 heteroatoms. The number of aromatic nitrogens is 2. The van der Waals surface area contributed by atoms with Crippen molar-refractivity contribution in [1.29, 1.82) is 0 Å². The molecule has 0 aliphatic carbocycles. The molecule has 0 unspecified atom stereocenters. The standard InChI is InChI=1S/C22H22BrN3O2/c1-15-6-7-18(12-16(15)2)20-8-9-22(28)26(25-20)11-10-21(27)24-14-17-4-3-5-19(23)13-17/h3-9,12-13H,10-11,14H2,1-2H3,(H,24,27). The highest BCUT2D eigenvalue weighted by Gasteiger charge is 2.07. The number of hydrogen-bond donors (Lipinski definition) is 1. The molecular formula is C22H22BrN3O2. The van der Waals surface area contributed by atoms with E-state index in [2.05, 4.69) is 39.3 Å². The van der Waals surface area contributed by atoms with Gasteiger partial charge in [0.05, 0.1) is 12.2 Å². The molecule has 3 rings (SSSR count). The molecule has 0 radical (unpaired) electrons. The second-order valence-corrected chi connectivity index (χ2v) is 7.65. The molecule has 0 bridgehead atoms. The van der Waals surface area contributed by atoms with Crippen LogP contribution in [0.15, 0.2) is 63.9 Å². The molecule has 0 aliphatic rings. The Hall–Kier alpha value is -2.73. The van der Waals surface area contributed by atoms with E-state index in [1.165, 1.54) is 21.9 Å². The lowest BCUT2D eigenvalue weighted by atomic mass is 10.0. The van der Waals surface area contributed by atoms with Crippen LogP contribution >= 0.6 is 15.9 Å². The predicted octanol–water partition coefficient (Wildman–Crippen LogP) is 4.00. The first-order chi connectivity index (χ1) is 13.4. The first kappa shape index (κ1) is 20.0. The Kier molecular flexibility index (Phi) is 6.41. The Balaban J connectivity index is 1.64. The average molecular weight is 440 g/mol. The Morgan fingerprint density at radius 3 is 2.64 bits per heavy atom. The lowest BCUT2D eigenvalue weighted by molar-refractivity contribution is -0.121. The van der Waals surface area contributed by atoms with E-state index in [4.69, 9.17) is 0 Å². The summed E-state index contributed by atoms with van der Waals surface area (Å²) in [5, 5.41) is 7.31. The van der Waals surface area contributed by atoms with Gasteiger partial charge in [0.2, 0.25) is 5.91 Å². The Morgan fingerprint density at radius 1 is 1.07 bits per heavy atom. The highest BCUT2D eigenvalue weighted by Crippen LogP contribution is 2.19. The van der Waals surface area contributed by atoms with Gasteiger partial charge in [0, 0.05) is 29.1 Å². The van der Waals surface area contributed by atoms with E-state index in [1.54, 1.807) is 6.07 Å². The highest BCUT2D eigenvalue weighted by atomic mass is 79.9. The SMILES string of the molecule is Cc1ccc(-c2ccc(=O)n(CCC(=O)NCc3cccc(Br)c3)n2)cc1C. The van der Waals surface area contributed by atoms with Gasteiger partial charge in [0.15, 0.2) is 0 Å². The molecule has 0 saturated carbocycles. The number of hydrogen-bond acceptors (Lipinski definition) is 3. The van der Waals surface area contributed by atoms with E-state index in [0.29, 0.717) is 6.54 Å². The van der Waals surface area contributed by atoms with Crippen molar-refractivity contribution in [3.8, 4) is 11.3 Å². The molecule has 1 amide bonds. The fraction of sp³-hybridized carbons (Fsp3) is 0.227. The van der Waals surface area contributed by atoms with Gasteiger partial charge >= 0.3 is 0 Å². The van der Waals surface area contributed by atoms with Crippen molar-refractivity contribution in [2.75, 3.05) is 0 Å². The van der Waals surface area contributed by atoms with Crippen molar-refractivity contribution in [2.45, 2.75) is 33.4 Å². The molecule has 0 saturated heterocycles. The van der Waals surface area contributed by atoms with Crippen molar-refractivity contribution in [3.05, 3.63) is 86.1 Å². The van der Waals surface area contributed by atoms with Gasteiger partial charge in [0.25, 0.3) is 5.56 Å². The molecule has 0 atom stereocenters. The minimum Gasteiger partial charge on any atom is -0.352 e. The fourth-order valence-electron chi connectivity index (χ4n) is 2.81. The topological polar surface area (TPSA) is 64.0 Å². The number of halogens is 1. The van der Waals surface area contributed by atoms with Crippen molar-refractivity contribution >= 4 is 21.8 Å². The van der Waals surface area contributed by atoms with Gasteiger partial charge in [0.1, 0.15) is 0 Å². The third-order valence-corrected chi connectivity index (χ3v) is 5.09. The van der Waals surface area contributed by atoms with Crippen LogP contribution in [0.3, 0.4) is 0 Å². The number of nitrogens with zero attached hydrogens (tertiary/aromatic N) is 2. The fourth-order valence-corrected chi connectivity index (χ4v) is 3.25. The van der Waals surface area contributed by atoms with Crippen LogP contribution < -0.4 is 10.9 Å². The maximum Gasteiger partial charge on any atom is 0.266 e. The molecule has 0 fully saturated rings. The summed E-state index contributed by atoms with van der Waals surface area (Å²) in [6.07, 6.45) is 0.192. The first-order valence-corrected chi connectivity index (χ1v) is 9.88. The lowest BCUT2D eigenvalue weighted by Crippen LogP contribution is -2.28. The Labute approximate surface area is 172 Å². The van der Waals surface area contributed by atoms with E-state index in [0.717, 1.165) is 21.3 Å². The van der Waals surface area contributed by atoms with Crippen molar-refractivity contribution in [1.82, 2.24) is 15.1 Å². The molecule has 144 valence electrons. The van der Waals surface area contributed by atoms with Crippen molar-refractivity contribution in [2.24, 2.45) is 0 Å². The second-order valence-electron chi connectivity index (χ2n) is 6.74. The summed E-state index contributed by atoms with van der Waals surface area (Å²) in [5.41, 5.74) is 4.85. The first-order valence-electron chi connectivity index (χ1n) is 9.09. The zero-order valence-corrected chi connectivity index (χ0v) is 17.5. The van der Waals surface area contributed by atoms with Crippen LogP contribution in [-0.2, 0) is 17.9 Å². The van der Waals surface area contributed by atoms with Crippen LogP contribution in [0.4, 0.5) is 0 Å². The van der Waals surface area contributed by atoms with E-state index in [-0.39, 0.29) is 24.4 Å². The maximum absolute atomic E-state index is 12.2. The summed E-state index contributed by atoms with van der Waals surface area (Å²) < 4.78 is 2.32. The highest BCUT2D eigenvalue weighted by molar-refractivity contribution is 9.10. The van der Waals surface area contributed by atoms with Crippen LogP contribution in [0, 0.1) is 13.8 Å². The molecular weight excluding hydrogens is 418 g/mol. The summed E-state index contributed by atoms with van der Waals surface area (Å²) in [4.78, 5) is 24.3. The predicted molar refractivity (Wildman–Crippen MR) is 114 cm³/mol. The molecule has 1 heterocycles. The summed E-state index contributed by atoms with van der Waals surface area (Å²) in [6.45, 7) is 4.79. The van der Waals surface area contributed by atoms with Gasteiger partial charge in [-0.3, -0.25) is 9.59 Å². The van der Waals surface area contributed by atoms with Crippen molar-refractivity contribution < 1.29 is 4.79 Å². The number of aryl methyl sites for hydroxylation is 3. The van der Waals surface area contributed by atoms with Gasteiger partial charge in [-0.1, -0.05) is 40.2 Å². The van der Waals surface area contributed by atoms with Gasteiger partial charge in [-0.15, -0.1) is 0 Å². The minimum atomic E-state index is -0.215. The molecule has 0 aliphatic heterocycles. The molecule has 1 aromatic heterocycles. The molecule has 0 spiro atoms. The van der Waals surface area contributed by atoms with Crippen molar-refractivity contribution in [3.63, 3.8) is 0 Å². The van der Waals surface area contributed by atoms with Gasteiger partial charge in [-0.05, 0) is 54.8 Å². The Morgan fingerprint density at radius 2 is 1.89 bits per heavy atom. The largest absolute Gasteiger partial charge is 0.352 e. The van der Waals surface area contributed by atoms with Crippen LogP contribution in [0.5, 0.6) is 0 Å². The third kappa shape index (κ3) is 5.16. The summed E-state index contributed by atoms with van der Waals surface area (Å²) in [7, 11) is 0. The molecule has 5 nitrogen and oxygen atoms in total.